The van der Waals surface area contributed by atoms with Crippen LogP contribution in [0, 0.1) is 0 Å². The van der Waals surface area contributed by atoms with E-state index in [1.807, 2.05) is 5.41 Å². The fourth-order valence-electron chi connectivity index (χ4n) is 0.0913. The number of hydrogen-bond acceptors (Lipinski definition) is 1. The van der Waals surface area contributed by atoms with Gasteiger partial charge in [0.15, 0.2) is 0 Å². The lowest BCUT2D eigenvalue weighted by molar-refractivity contribution is 1.11. The second-order valence-electron chi connectivity index (χ2n) is 1.33. The Bertz CT molecular complexity index is 55.0. The molecule has 0 nitrogen and oxygen atoms in total. The van der Waals surface area contributed by atoms with Gasteiger partial charge in [-0.1, -0.05) is 12.5 Å². The van der Waals surface area contributed by atoms with E-state index in [1.54, 1.807) is 0 Å². The molecule has 0 rings (SSSR count). The van der Waals surface area contributed by atoms with Crippen molar-refractivity contribution in [2.75, 3.05) is 0 Å². The van der Waals surface area contributed by atoms with Crippen LogP contribution >= 0.6 is 12.6 Å². The number of rotatable bonds is 1. The zero-order chi connectivity index (χ0) is 4.99. The molecule has 0 N–H and O–H groups in total. The van der Waals surface area contributed by atoms with Gasteiger partial charge in [-0.25, -0.2) is 0 Å². The van der Waals surface area contributed by atoms with Gasteiger partial charge in [0.25, 0.3) is 0 Å². The molecular formula is C5H10S. The van der Waals surface area contributed by atoms with Crippen molar-refractivity contribution in [3.63, 3.8) is 0 Å². The van der Waals surface area contributed by atoms with E-state index in [-0.39, 0.29) is 0 Å². The SMILES string of the molecule is CCC(C)=CS. The van der Waals surface area contributed by atoms with E-state index in [0.29, 0.717) is 0 Å². The van der Waals surface area contributed by atoms with Crippen LogP contribution in [0.2, 0.25) is 0 Å². The third-order valence-corrected chi connectivity index (χ3v) is 1.22. The molecule has 0 saturated carbocycles. The van der Waals surface area contributed by atoms with Crippen molar-refractivity contribution in [1.82, 2.24) is 0 Å². The predicted octanol–water partition coefficient (Wildman–Crippen LogP) is 2.23. The van der Waals surface area contributed by atoms with Gasteiger partial charge in [-0.2, -0.15) is 12.6 Å². The minimum atomic E-state index is 1.11. The third kappa shape index (κ3) is 2.33. The highest BCUT2D eigenvalue weighted by molar-refractivity contribution is 7.83. The van der Waals surface area contributed by atoms with E-state index in [2.05, 4.69) is 26.5 Å². The predicted molar refractivity (Wildman–Crippen MR) is 33.0 cm³/mol. The average molecular weight is 102 g/mol. The van der Waals surface area contributed by atoms with Gasteiger partial charge in [0, 0.05) is 0 Å². The van der Waals surface area contributed by atoms with Crippen molar-refractivity contribution in [3.8, 4) is 0 Å². The standard InChI is InChI=1S/C5H10S/c1-3-5(2)4-6/h4,6H,3H2,1-2H3. The summed E-state index contributed by atoms with van der Waals surface area (Å²) in [5.41, 5.74) is 1.33. The van der Waals surface area contributed by atoms with E-state index in [9.17, 15) is 0 Å². The van der Waals surface area contributed by atoms with Crippen LogP contribution in [-0.2, 0) is 0 Å². The molecule has 0 fully saturated rings. The van der Waals surface area contributed by atoms with Crippen LogP contribution in [0.15, 0.2) is 11.0 Å². The van der Waals surface area contributed by atoms with Gasteiger partial charge in [-0.05, 0) is 18.8 Å². The van der Waals surface area contributed by atoms with Crippen molar-refractivity contribution in [3.05, 3.63) is 11.0 Å². The molecule has 0 bridgehead atoms. The van der Waals surface area contributed by atoms with Gasteiger partial charge >= 0.3 is 0 Å². The largest absolute Gasteiger partial charge is 0.151 e. The zero-order valence-corrected chi connectivity index (χ0v) is 5.13. The molecule has 0 unspecified atom stereocenters. The first-order chi connectivity index (χ1) is 2.81. The maximum absolute atomic E-state index is 3.93. The molecule has 0 aliphatic heterocycles. The van der Waals surface area contributed by atoms with Crippen molar-refractivity contribution in [2.24, 2.45) is 0 Å². The van der Waals surface area contributed by atoms with Crippen LogP contribution in [0.1, 0.15) is 20.3 Å². The van der Waals surface area contributed by atoms with Gasteiger partial charge < -0.3 is 0 Å². The summed E-state index contributed by atoms with van der Waals surface area (Å²) in [4.78, 5) is 0. The Morgan fingerprint density at radius 1 is 1.83 bits per heavy atom. The molecule has 0 atom stereocenters. The molecule has 6 heavy (non-hydrogen) atoms. The lowest BCUT2D eigenvalue weighted by atomic mass is 10.3. The fourth-order valence-corrected chi connectivity index (χ4v) is 0.274. The van der Waals surface area contributed by atoms with Gasteiger partial charge in [0.05, 0.1) is 0 Å². The second kappa shape index (κ2) is 3.29. The Hall–Kier alpha value is 0.0900. The molecule has 1 heteroatoms. The molecule has 0 saturated heterocycles. The summed E-state index contributed by atoms with van der Waals surface area (Å²) in [5, 5.41) is 1.83. The summed E-state index contributed by atoms with van der Waals surface area (Å²) >= 11 is 3.93. The van der Waals surface area contributed by atoms with E-state index >= 15 is 0 Å². The van der Waals surface area contributed by atoms with Crippen LogP contribution in [0.5, 0.6) is 0 Å². The first-order valence-electron chi connectivity index (χ1n) is 2.11. The van der Waals surface area contributed by atoms with Crippen molar-refractivity contribution in [2.45, 2.75) is 20.3 Å². The fraction of sp³-hybridized carbons (Fsp3) is 0.600. The van der Waals surface area contributed by atoms with Crippen LogP contribution in [0.3, 0.4) is 0 Å². The Labute approximate surface area is 44.7 Å². The van der Waals surface area contributed by atoms with E-state index < -0.39 is 0 Å². The maximum Gasteiger partial charge on any atom is -0.0335 e. The molecule has 0 aromatic heterocycles. The van der Waals surface area contributed by atoms with Gasteiger partial charge in [-0.15, -0.1) is 0 Å². The van der Waals surface area contributed by atoms with E-state index in [0.717, 1.165) is 6.42 Å². The van der Waals surface area contributed by atoms with Gasteiger partial charge in [-0.3, -0.25) is 0 Å². The van der Waals surface area contributed by atoms with Crippen LogP contribution < -0.4 is 0 Å². The highest BCUT2D eigenvalue weighted by Crippen LogP contribution is 1.97. The summed E-state index contributed by atoms with van der Waals surface area (Å²) in [5.74, 6) is 0. The van der Waals surface area contributed by atoms with Crippen molar-refractivity contribution in [1.29, 1.82) is 0 Å². The maximum atomic E-state index is 3.93. The normalized spacial score (nSPS) is 12.2. The molecule has 0 aromatic carbocycles. The molecule has 0 amide bonds. The number of hydrogen-bond donors (Lipinski definition) is 1. The number of allylic oxidation sites excluding steroid dienone is 1. The minimum Gasteiger partial charge on any atom is -0.151 e. The summed E-state index contributed by atoms with van der Waals surface area (Å²) in [7, 11) is 0. The summed E-state index contributed by atoms with van der Waals surface area (Å²) in [6.07, 6.45) is 1.11. The van der Waals surface area contributed by atoms with Crippen LogP contribution in [-0.4, -0.2) is 0 Å². The molecule has 0 heterocycles. The highest BCUT2D eigenvalue weighted by Gasteiger charge is 1.73. The smallest absolute Gasteiger partial charge is 0.0335 e. The quantitative estimate of drug-likeness (QED) is 0.482. The van der Waals surface area contributed by atoms with E-state index in [4.69, 9.17) is 0 Å². The first kappa shape index (κ1) is 6.09. The number of thiol groups is 1. The molecule has 0 aromatic rings. The molecule has 0 spiro atoms. The Kier molecular flexibility index (Phi) is 3.34. The third-order valence-electron chi connectivity index (χ3n) is 0.778. The average Bonchev–Trinajstić information content (AvgIpc) is 1.65. The molecule has 0 aliphatic rings. The lowest BCUT2D eigenvalue weighted by Gasteiger charge is -1.84. The van der Waals surface area contributed by atoms with Crippen LogP contribution in [0.4, 0.5) is 0 Å². The molecule has 0 aliphatic carbocycles. The summed E-state index contributed by atoms with van der Waals surface area (Å²) in [6, 6.07) is 0. The monoisotopic (exact) mass is 102 g/mol. The Balaban J connectivity index is 3.22. The topological polar surface area (TPSA) is 0 Å². The molecular weight excluding hydrogens is 92.1 g/mol. The summed E-state index contributed by atoms with van der Waals surface area (Å²) < 4.78 is 0. The van der Waals surface area contributed by atoms with Crippen molar-refractivity contribution < 1.29 is 0 Å². The van der Waals surface area contributed by atoms with Crippen molar-refractivity contribution >= 4 is 12.6 Å². The minimum absolute atomic E-state index is 1.11. The lowest BCUT2D eigenvalue weighted by Crippen LogP contribution is -1.62. The first-order valence-corrected chi connectivity index (χ1v) is 2.62. The second-order valence-corrected chi connectivity index (χ2v) is 1.59. The Morgan fingerprint density at radius 3 is 2.33 bits per heavy atom. The van der Waals surface area contributed by atoms with Gasteiger partial charge in [0.2, 0.25) is 0 Å². The van der Waals surface area contributed by atoms with E-state index in [1.165, 1.54) is 5.57 Å². The van der Waals surface area contributed by atoms with Gasteiger partial charge in [0.1, 0.15) is 0 Å². The van der Waals surface area contributed by atoms with Crippen LogP contribution in [0.25, 0.3) is 0 Å². The molecule has 0 radical (unpaired) electrons. The summed E-state index contributed by atoms with van der Waals surface area (Å²) in [6.45, 7) is 4.18. The highest BCUT2D eigenvalue weighted by atomic mass is 32.1. The Morgan fingerprint density at radius 2 is 2.33 bits per heavy atom. The zero-order valence-electron chi connectivity index (χ0n) is 4.23. The molecule has 36 valence electrons.